The first-order valence-corrected chi connectivity index (χ1v) is 10.7. The smallest absolute Gasteiger partial charge is 0.416 e. The van der Waals surface area contributed by atoms with Gasteiger partial charge in [-0.25, -0.2) is 9.78 Å². The third kappa shape index (κ3) is 6.47. The van der Waals surface area contributed by atoms with Crippen LogP contribution in [0.15, 0.2) is 24.4 Å². The number of aliphatic hydroxyl groups is 1. The van der Waals surface area contributed by atoms with Crippen LogP contribution in [0.25, 0.3) is 0 Å². The Morgan fingerprint density at radius 2 is 1.97 bits per heavy atom. The summed E-state index contributed by atoms with van der Waals surface area (Å²) in [6, 6.07) is 2.48. The number of nitrogens with zero attached hydrogens (tertiary/aromatic N) is 2. The highest BCUT2D eigenvalue weighted by Gasteiger charge is 2.33. The fraction of sp³-hybridized carbons (Fsp3) is 0.500. The second-order valence-corrected chi connectivity index (χ2v) is 7.73. The summed E-state index contributed by atoms with van der Waals surface area (Å²) < 4.78 is 50.6. The van der Waals surface area contributed by atoms with Crippen LogP contribution in [0.5, 0.6) is 11.6 Å². The van der Waals surface area contributed by atoms with Gasteiger partial charge in [0.05, 0.1) is 25.0 Å². The van der Waals surface area contributed by atoms with Crippen molar-refractivity contribution in [2.75, 3.05) is 12.4 Å². The normalized spacial score (nSPS) is 18.5. The molecule has 0 atom stereocenters. The van der Waals surface area contributed by atoms with Crippen molar-refractivity contribution in [3.05, 3.63) is 41.3 Å². The molecule has 1 aliphatic rings. The molecule has 0 unspecified atom stereocenters. The van der Waals surface area contributed by atoms with Crippen molar-refractivity contribution in [3.63, 3.8) is 0 Å². The van der Waals surface area contributed by atoms with Crippen LogP contribution in [0.1, 0.15) is 49.6 Å². The van der Waals surface area contributed by atoms with Crippen molar-refractivity contribution < 1.29 is 32.5 Å². The van der Waals surface area contributed by atoms with Crippen LogP contribution in [0.2, 0.25) is 0 Å². The first kappa shape index (κ1) is 24.6. The van der Waals surface area contributed by atoms with Gasteiger partial charge in [0.25, 0.3) is 0 Å². The second-order valence-electron chi connectivity index (χ2n) is 7.73. The topological polar surface area (TPSA) is 106 Å². The Kier molecular flexibility index (Phi) is 7.96. The number of rotatable bonds is 7. The molecule has 0 bridgehead atoms. The molecule has 1 aromatic heterocycles. The number of hydrogen-bond donors (Lipinski definition) is 3. The maximum absolute atomic E-state index is 13.2. The van der Waals surface area contributed by atoms with E-state index in [0.29, 0.717) is 43.8 Å². The Bertz CT molecular complexity index is 963. The molecule has 0 saturated heterocycles. The number of benzene rings is 1. The minimum absolute atomic E-state index is 0.0194. The zero-order chi connectivity index (χ0) is 24.0. The highest BCUT2D eigenvalue weighted by atomic mass is 19.4. The van der Waals surface area contributed by atoms with Crippen LogP contribution in [-0.4, -0.2) is 40.4 Å². The van der Waals surface area contributed by atoms with E-state index in [1.54, 1.807) is 12.3 Å². The highest BCUT2D eigenvalue weighted by Crippen LogP contribution is 2.38. The number of nitrogens with one attached hydrogen (secondary N) is 2. The Labute approximate surface area is 189 Å². The Balaban J connectivity index is 1.58. The standard InChI is InChI=1S/C22H27F3N4O4/c1-3-18-26-9-8-19(29-18)33-16-6-4-15(5-7-16)27-21(31)28-17-11-14(22(23,24)25)10-13(12-30)20(17)32-2/h8-11,15-16,30H,3-7,12H2,1-2H3,(H2,27,28,31). The number of anilines is 1. The van der Waals surface area contributed by atoms with Crippen molar-refractivity contribution >= 4 is 11.7 Å². The number of ether oxygens (including phenoxy) is 2. The van der Waals surface area contributed by atoms with E-state index in [9.17, 15) is 23.1 Å². The number of amides is 2. The number of alkyl halides is 3. The van der Waals surface area contributed by atoms with Gasteiger partial charge < -0.3 is 25.2 Å². The van der Waals surface area contributed by atoms with E-state index in [1.807, 2.05) is 6.92 Å². The highest BCUT2D eigenvalue weighted by molar-refractivity contribution is 5.91. The fourth-order valence-electron chi connectivity index (χ4n) is 3.76. The van der Waals surface area contributed by atoms with Gasteiger partial charge in [0.15, 0.2) is 0 Å². The number of aromatic nitrogens is 2. The van der Waals surface area contributed by atoms with Crippen molar-refractivity contribution in [3.8, 4) is 11.6 Å². The number of halogens is 3. The Morgan fingerprint density at radius 1 is 1.24 bits per heavy atom. The molecule has 1 aromatic carbocycles. The van der Waals surface area contributed by atoms with Gasteiger partial charge >= 0.3 is 12.2 Å². The second kappa shape index (κ2) is 10.7. The van der Waals surface area contributed by atoms with Gasteiger partial charge in [-0.15, -0.1) is 0 Å². The molecule has 2 amide bonds. The van der Waals surface area contributed by atoms with E-state index in [0.717, 1.165) is 12.1 Å². The molecule has 0 aliphatic heterocycles. The third-order valence-electron chi connectivity index (χ3n) is 5.41. The Morgan fingerprint density at radius 3 is 2.58 bits per heavy atom. The summed E-state index contributed by atoms with van der Waals surface area (Å²) in [5.41, 5.74) is -1.23. The van der Waals surface area contributed by atoms with Gasteiger partial charge in [0, 0.05) is 30.3 Å². The van der Waals surface area contributed by atoms with E-state index in [4.69, 9.17) is 9.47 Å². The molecule has 180 valence electrons. The van der Waals surface area contributed by atoms with E-state index in [2.05, 4.69) is 20.6 Å². The minimum Gasteiger partial charge on any atom is -0.494 e. The average molecular weight is 468 g/mol. The summed E-state index contributed by atoms with van der Waals surface area (Å²) in [5.74, 6) is 1.20. The molecule has 1 saturated carbocycles. The zero-order valence-electron chi connectivity index (χ0n) is 18.4. The number of carbonyl (C=O) groups is 1. The molecule has 11 heteroatoms. The summed E-state index contributed by atoms with van der Waals surface area (Å²) in [4.78, 5) is 21.0. The minimum atomic E-state index is -4.64. The fourth-order valence-corrected chi connectivity index (χ4v) is 3.76. The molecule has 33 heavy (non-hydrogen) atoms. The van der Waals surface area contributed by atoms with E-state index < -0.39 is 24.4 Å². The molecular weight excluding hydrogens is 441 g/mol. The molecule has 1 aliphatic carbocycles. The SMILES string of the molecule is CCc1nccc(OC2CCC(NC(=O)Nc3cc(C(F)(F)F)cc(CO)c3OC)CC2)n1. The first-order chi connectivity index (χ1) is 15.7. The lowest BCUT2D eigenvalue weighted by molar-refractivity contribution is -0.137. The maximum Gasteiger partial charge on any atom is 0.416 e. The molecule has 0 radical (unpaired) electrons. The molecule has 1 fully saturated rings. The monoisotopic (exact) mass is 468 g/mol. The van der Waals surface area contributed by atoms with Crippen LogP contribution < -0.4 is 20.1 Å². The quantitative estimate of drug-likeness (QED) is 0.566. The number of carbonyl (C=O) groups excluding carboxylic acids is 1. The summed E-state index contributed by atoms with van der Waals surface area (Å²) in [6.07, 6.45) is 0.361. The van der Waals surface area contributed by atoms with Gasteiger partial charge in [-0.1, -0.05) is 6.92 Å². The number of urea groups is 1. The summed E-state index contributed by atoms with van der Waals surface area (Å²) in [7, 11) is 1.26. The third-order valence-corrected chi connectivity index (χ3v) is 5.41. The molecule has 2 aromatic rings. The average Bonchev–Trinajstić information content (AvgIpc) is 2.79. The van der Waals surface area contributed by atoms with Crippen molar-refractivity contribution in [1.82, 2.24) is 15.3 Å². The summed E-state index contributed by atoms with van der Waals surface area (Å²) >= 11 is 0. The molecule has 3 rings (SSSR count). The predicted octanol–water partition coefficient (Wildman–Crippen LogP) is 4.07. The maximum atomic E-state index is 13.2. The molecule has 0 spiro atoms. The Hall–Kier alpha value is -3.08. The molecular formula is C22H27F3N4O4. The van der Waals surface area contributed by atoms with Crippen molar-refractivity contribution in [2.24, 2.45) is 0 Å². The van der Waals surface area contributed by atoms with Crippen LogP contribution in [0.3, 0.4) is 0 Å². The van der Waals surface area contributed by atoms with Gasteiger partial charge in [-0.3, -0.25) is 0 Å². The number of aliphatic hydroxyl groups excluding tert-OH is 1. The van der Waals surface area contributed by atoms with E-state index >= 15 is 0 Å². The van der Waals surface area contributed by atoms with Crippen LogP contribution in [0.4, 0.5) is 23.7 Å². The van der Waals surface area contributed by atoms with Gasteiger partial charge in [-0.2, -0.15) is 18.2 Å². The lowest BCUT2D eigenvalue weighted by Gasteiger charge is -2.29. The lowest BCUT2D eigenvalue weighted by atomic mass is 9.93. The largest absolute Gasteiger partial charge is 0.494 e. The van der Waals surface area contributed by atoms with Gasteiger partial charge in [-0.05, 0) is 37.8 Å². The molecule has 1 heterocycles. The van der Waals surface area contributed by atoms with Crippen LogP contribution in [0, 0.1) is 0 Å². The lowest BCUT2D eigenvalue weighted by Crippen LogP contribution is -2.41. The first-order valence-electron chi connectivity index (χ1n) is 10.7. The zero-order valence-corrected chi connectivity index (χ0v) is 18.4. The van der Waals surface area contributed by atoms with Crippen LogP contribution in [-0.2, 0) is 19.2 Å². The van der Waals surface area contributed by atoms with E-state index in [-0.39, 0.29) is 29.1 Å². The van der Waals surface area contributed by atoms with Gasteiger partial charge in [0.2, 0.25) is 5.88 Å². The predicted molar refractivity (Wildman–Crippen MR) is 114 cm³/mol. The summed E-state index contributed by atoms with van der Waals surface area (Å²) in [5, 5.41) is 14.6. The van der Waals surface area contributed by atoms with Gasteiger partial charge in [0.1, 0.15) is 17.7 Å². The van der Waals surface area contributed by atoms with E-state index in [1.165, 1.54) is 7.11 Å². The summed E-state index contributed by atoms with van der Waals surface area (Å²) in [6.45, 7) is 1.29. The number of hydrogen-bond acceptors (Lipinski definition) is 6. The van der Waals surface area contributed by atoms with Crippen molar-refractivity contribution in [2.45, 2.75) is 64.0 Å². The van der Waals surface area contributed by atoms with Crippen molar-refractivity contribution in [1.29, 1.82) is 0 Å². The molecule has 8 nitrogen and oxygen atoms in total. The number of aryl methyl sites for hydroxylation is 1. The molecule has 3 N–H and O–H groups in total. The van der Waals surface area contributed by atoms with Crippen LogP contribution >= 0.6 is 0 Å². The number of methoxy groups -OCH3 is 1.